The molecule has 1 saturated heterocycles. The van der Waals surface area contributed by atoms with E-state index in [9.17, 15) is 18.0 Å². The van der Waals surface area contributed by atoms with Crippen LogP contribution in [0.1, 0.15) is 37.4 Å². The number of carbonyl (C=O) groups is 1. The van der Waals surface area contributed by atoms with Crippen LogP contribution in [0.4, 0.5) is 13.2 Å². The van der Waals surface area contributed by atoms with Crippen molar-refractivity contribution < 1.29 is 18.0 Å². The van der Waals surface area contributed by atoms with E-state index >= 15 is 0 Å². The average Bonchev–Trinajstić information content (AvgIpc) is 2.91. The molecule has 3 heterocycles. The van der Waals surface area contributed by atoms with E-state index in [1.165, 1.54) is 4.57 Å². The number of hydrogen-bond donors (Lipinski definition) is 0. The number of rotatable bonds is 2. The molecule has 3 rings (SSSR count). The zero-order valence-electron chi connectivity index (χ0n) is 13.7. The van der Waals surface area contributed by atoms with Gasteiger partial charge < -0.3 is 9.47 Å². The van der Waals surface area contributed by atoms with E-state index in [2.05, 4.69) is 4.98 Å². The first-order valence-electron chi connectivity index (χ1n) is 8.10. The van der Waals surface area contributed by atoms with Crippen molar-refractivity contribution in [3.63, 3.8) is 0 Å². The Hall–Kier alpha value is -2.05. The fourth-order valence-corrected chi connectivity index (χ4v) is 3.32. The standard InChI is InChI=1S/C17H20F3N3O/c1-11-7-13-8-14(17(18,19)20)21-16(13)22(9-11)10-15(24)23-6-4-3-5-12(23)2/h7-9,12H,3-6,10H2,1-2H3/t12-/m0/s1. The van der Waals surface area contributed by atoms with Crippen molar-refractivity contribution in [1.82, 2.24) is 14.5 Å². The Balaban J connectivity index is 1.91. The Bertz CT molecular complexity index is 723. The molecular formula is C17H20F3N3O. The lowest BCUT2D eigenvalue weighted by atomic mass is 10.0. The summed E-state index contributed by atoms with van der Waals surface area (Å²) < 4.78 is 40.3. The van der Waals surface area contributed by atoms with Gasteiger partial charge in [0.2, 0.25) is 5.91 Å². The van der Waals surface area contributed by atoms with E-state index < -0.39 is 11.9 Å². The van der Waals surface area contributed by atoms with Crippen LogP contribution in [0.3, 0.4) is 0 Å². The summed E-state index contributed by atoms with van der Waals surface area (Å²) >= 11 is 0. The second-order valence-electron chi connectivity index (χ2n) is 6.50. The fraction of sp³-hybridized carbons (Fsp3) is 0.529. The van der Waals surface area contributed by atoms with Crippen LogP contribution >= 0.6 is 0 Å². The molecule has 1 atom stereocenters. The van der Waals surface area contributed by atoms with Gasteiger partial charge in [-0.2, -0.15) is 13.2 Å². The molecule has 0 unspecified atom stereocenters. The van der Waals surface area contributed by atoms with Gasteiger partial charge in [-0.1, -0.05) is 0 Å². The number of alkyl halides is 3. The lowest BCUT2D eigenvalue weighted by Crippen LogP contribution is -2.43. The number of fused-ring (bicyclic) bond motifs is 1. The summed E-state index contributed by atoms with van der Waals surface area (Å²) in [5.74, 6) is 0.126. The van der Waals surface area contributed by atoms with Crippen LogP contribution in [0.5, 0.6) is 0 Å². The first-order valence-corrected chi connectivity index (χ1v) is 8.10. The highest BCUT2D eigenvalue weighted by atomic mass is 19.4. The van der Waals surface area contributed by atoms with E-state index in [0.29, 0.717) is 12.1 Å². The molecule has 1 fully saturated rings. The number of halogens is 3. The lowest BCUT2D eigenvalue weighted by molar-refractivity contribution is -0.140. The molecule has 0 bridgehead atoms. The first-order chi connectivity index (χ1) is 11.3. The maximum atomic E-state index is 12.9. The maximum absolute atomic E-state index is 12.9. The zero-order valence-corrected chi connectivity index (χ0v) is 13.7. The number of nitrogens with zero attached hydrogens (tertiary/aromatic N) is 3. The summed E-state index contributed by atoms with van der Waals surface area (Å²) in [5.41, 5.74) is 0.278. The van der Waals surface area contributed by atoms with Gasteiger partial charge in [0.15, 0.2) is 0 Å². The van der Waals surface area contributed by atoms with Crippen LogP contribution in [0, 0.1) is 6.92 Å². The summed E-state index contributed by atoms with van der Waals surface area (Å²) in [6.07, 6.45) is 0.230. The number of aryl methyl sites for hydroxylation is 1. The van der Waals surface area contributed by atoms with Gasteiger partial charge in [0, 0.05) is 24.3 Å². The highest BCUT2D eigenvalue weighted by Gasteiger charge is 2.35. The molecular weight excluding hydrogens is 319 g/mol. The third-order valence-corrected chi connectivity index (χ3v) is 4.51. The van der Waals surface area contributed by atoms with E-state index in [0.717, 1.165) is 30.9 Å². The number of aromatic nitrogens is 2. The van der Waals surface area contributed by atoms with Gasteiger partial charge in [-0.15, -0.1) is 0 Å². The molecule has 0 aromatic rings. The molecule has 130 valence electrons. The van der Waals surface area contributed by atoms with Crippen molar-refractivity contribution in [1.29, 1.82) is 0 Å². The molecule has 3 aliphatic heterocycles. The Morgan fingerprint density at radius 1 is 1.33 bits per heavy atom. The molecule has 4 nitrogen and oxygen atoms in total. The first kappa shape index (κ1) is 16.8. The van der Waals surface area contributed by atoms with Crippen LogP contribution in [0.15, 0.2) is 18.3 Å². The van der Waals surface area contributed by atoms with E-state index in [4.69, 9.17) is 0 Å². The minimum atomic E-state index is -4.49. The Morgan fingerprint density at radius 2 is 2.08 bits per heavy atom. The Morgan fingerprint density at radius 3 is 2.75 bits per heavy atom. The smallest absolute Gasteiger partial charge is 0.338 e. The van der Waals surface area contributed by atoms with Crippen molar-refractivity contribution in [3.05, 3.63) is 29.6 Å². The monoisotopic (exact) mass is 339 g/mol. The molecule has 24 heavy (non-hydrogen) atoms. The van der Waals surface area contributed by atoms with E-state index in [-0.39, 0.29) is 24.3 Å². The van der Waals surface area contributed by atoms with Gasteiger partial charge in [-0.05, 0) is 50.8 Å². The predicted molar refractivity (Wildman–Crippen MR) is 83.6 cm³/mol. The molecule has 1 amide bonds. The molecule has 3 aliphatic rings. The Labute approximate surface area is 138 Å². The van der Waals surface area contributed by atoms with Crippen LogP contribution in [-0.4, -0.2) is 32.9 Å². The van der Waals surface area contributed by atoms with Gasteiger partial charge in [-0.3, -0.25) is 4.79 Å². The van der Waals surface area contributed by atoms with Gasteiger partial charge in [-0.25, -0.2) is 4.98 Å². The molecule has 0 aliphatic carbocycles. The normalized spacial score (nSPS) is 19.0. The summed E-state index contributed by atoms with van der Waals surface area (Å²) in [5, 5.41) is 0. The molecule has 0 N–H and O–H groups in total. The van der Waals surface area contributed by atoms with E-state index in [1.54, 1.807) is 19.2 Å². The number of hydrogen-bond acceptors (Lipinski definition) is 2. The topological polar surface area (TPSA) is 38.1 Å². The summed E-state index contributed by atoms with van der Waals surface area (Å²) in [6.45, 7) is 4.52. The van der Waals surface area contributed by atoms with Crippen LogP contribution < -0.4 is 0 Å². The van der Waals surface area contributed by atoms with E-state index in [1.807, 2.05) is 11.8 Å². The van der Waals surface area contributed by atoms with Crippen molar-refractivity contribution in [2.45, 2.75) is 51.9 Å². The second-order valence-corrected chi connectivity index (χ2v) is 6.50. The number of amides is 1. The van der Waals surface area contributed by atoms with Crippen LogP contribution in [-0.2, 0) is 17.5 Å². The lowest BCUT2D eigenvalue weighted by Gasteiger charge is -2.33. The number of piperidine rings is 1. The summed E-state index contributed by atoms with van der Waals surface area (Å²) in [7, 11) is 0. The van der Waals surface area contributed by atoms with Crippen LogP contribution in [0.25, 0.3) is 11.4 Å². The van der Waals surface area contributed by atoms with Gasteiger partial charge in [0.05, 0.1) is 0 Å². The largest absolute Gasteiger partial charge is 0.433 e. The van der Waals surface area contributed by atoms with Crippen molar-refractivity contribution in [3.8, 4) is 11.4 Å². The Kier molecular flexibility index (Phi) is 4.27. The van der Waals surface area contributed by atoms with Crippen molar-refractivity contribution in [2.24, 2.45) is 0 Å². The average molecular weight is 339 g/mol. The predicted octanol–water partition coefficient (Wildman–Crippen LogP) is 3.72. The minimum absolute atomic E-state index is 0.0107. The zero-order chi connectivity index (χ0) is 17.5. The molecule has 7 heteroatoms. The molecule has 0 radical (unpaired) electrons. The fourth-order valence-electron chi connectivity index (χ4n) is 3.32. The summed E-state index contributed by atoms with van der Waals surface area (Å²) in [4.78, 5) is 18.1. The maximum Gasteiger partial charge on any atom is 0.433 e. The highest BCUT2D eigenvalue weighted by Crippen LogP contribution is 2.34. The minimum Gasteiger partial charge on any atom is -0.338 e. The second kappa shape index (κ2) is 6.11. The third kappa shape index (κ3) is 3.25. The highest BCUT2D eigenvalue weighted by molar-refractivity contribution is 5.77. The van der Waals surface area contributed by atoms with Crippen molar-refractivity contribution >= 4 is 5.91 Å². The van der Waals surface area contributed by atoms with Gasteiger partial charge in [0.25, 0.3) is 0 Å². The quantitative estimate of drug-likeness (QED) is 0.836. The molecule has 0 saturated carbocycles. The number of pyridine rings is 1. The number of likely N-dealkylation sites (tertiary alicyclic amines) is 1. The summed E-state index contributed by atoms with van der Waals surface area (Å²) in [6, 6.07) is 2.86. The van der Waals surface area contributed by atoms with Gasteiger partial charge >= 0.3 is 6.18 Å². The van der Waals surface area contributed by atoms with Crippen molar-refractivity contribution in [2.75, 3.05) is 6.54 Å². The van der Waals surface area contributed by atoms with Crippen LogP contribution in [0.2, 0.25) is 0 Å². The number of carbonyl (C=O) groups excluding carboxylic acids is 1. The third-order valence-electron chi connectivity index (χ3n) is 4.51. The molecule has 0 aromatic heterocycles. The van der Waals surface area contributed by atoms with Gasteiger partial charge in [0.1, 0.15) is 18.1 Å². The SMILES string of the molecule is Cc1cc2cc(C(F)(F)F)nc-2n(CC(=O)N2CCCC[C@@H]2C)c1. The molecule has 0 aromatic carbocycles. The molecule has 0 spiro atoms.